The second-order valence-corrected chi connectivity index (χ2v) is 5.76. The van der Waals surface area contributed by atoms with Crippen molar-refractivity contribution in [2.24, 2.45) is 0 Å². The summed E-state index contributed by atoms with van der Waals surface area (Å²) in [5.41, 5.74) is 7.26. The molecule has 6 heteroatoms. The quantitative estimate of drug-likeness (QED) is 0.891. The molecule has 0 aliphatic carbocycles. The Balaban J connectivity index is 2.01. The SMILES string of the molecule is CCC(NC(=O)Cc1csc(N)n1)c1cccc(Cl)c1. The van der Waals surface area contributed by atoms with Crippen molar-refractivity contribution in [3.8, 4) is 0 Å². The van der Waals surface area contributed by atoms with E-state index < -0.39 is 0 Å². The zero-order chi connectivity index (χ0) is 14.5. The Labute approximate surface area is 127 Å². The summed E-state index contributed by atoms with van der Waals surface area (Å²) in [4.78, 5) is 16.1. The molecule has 0 radical (unpaired) electrons. The number of nitrogens with two attached hydrogens (primary N) is 1. The van der Waals surface area contributed by atoms with Crippen molar-refractivity contribution in [3.63, 3.8) is 0 Å². The van der Waals surface area contributed by atoms with Crippen LogP contribution in [-0.2, 0) is 11.2 Å². The van der Waals surface area contributed by atoms with Crippen LogP contribution >= 0.6 is 22.9 Å². The summed E-state index contributed by atoms with van der Waals surface area (Å²) < 4.78 is 0. The number of aromatic nitrogens is 1. The van der Waals surface area contributed by atoms with Gasteiger partial charge in [0.25, 0.3) is 0 Å². The summed E-state index contributed by atoms with van der Waals surface area (Å²) in [5.74, 6) is -0.0675. The first-order valence-corrected chi connectivity index (χ1v) is 7.59. The number of carbonyl (C=O) groups excluding carboxylic acids is 1. The van der Waals surface area contributed by atoms with E-state index in [-0.39, 0.29) is 18.4 Å². The van der Waals surface area contributed by atoms with Crippen molar-refractivity contribution in [2.45, 2.75) is 25.8 Å². The van der Waals surface area contributed by atoms with Crippen molar-refractivity contribution in [1.82, 2.24) is 10.3 Å². The molecule has 1 aromatic heterocycles. The van der Waals surface area contributed by atoms with Crippen LogP contribution in [0.15, 0.2) is 29.6 Å². The molecule has 1 unspecified atom stereocenters. The molecule has 1 amide bonds. The molecule has 0 fully saturated rings. The lowest BCUT2D eigenvalue weighted by Crippen LogP contribution is -2.29. The molecule has 2 rings (SSSR count). The van der Waals surface area contributed by atoms with Crippen LogP contribution in [0.4, 0.5) is 5.13 Å². The van der Waals surface area contributed by atoms with E-state index in [4.69, 9.17) is 17.3 Å². The largest absolute Gasteiger partial charge is 0.375 e. The van der Waals surface area contributed by atoms with Crippen molar-refractivity contribution in [1.29, 1.82) is 0 Å². The van der Waals surface area contributed by atoms with Crippen LogP contribution in [0.5, 0.6) is 0 Å². The van der Waals surface area contributed by atoms with Gasteiger partial charge in [0.15, 0.2) is 5.13 Å². The molecule has 1 aromatic carbocycles. The first kappa shape index (κ1) is 14.8. The highest BCUT2D eigenvalue weighted by Crippen LogP contribution is 2.20. The minimum absolute atomic E-state index is 0.0443. The molecule has 2 aromatic rings. The van der Waals surface area contributed by atoms with E-state index in [2.05, 4.69) is 10.3 Å². The van der Waals surface area contributed by atoms with Crippen molar-refractivity contribution >= 4 is 34.0 Å². The minimum atomic E-state index is -0.0675. The van der Waals surface area contributed by atoms with Gasteiger partial charge in [0.2, 0.25) is 5.91 Å². The number of amides is 1. The van der Waals surface area contributed by atoms with Gasteiger partial charge in [-0.25, -0.2) is 4.98 Å². The van der Waals surface area contributed by atoms with Crippen molar-refractivity contribution < 1.29 is 4.79 Å². The zero-order valence-electron chi connectivity index (χ0n) is 11.1. The van der Waals surface area contributed by atoms with Gasteiger partial charge >= 0.3 is 0 Å². The molecule has 0 saturated heterocycles. The highest BCUT2D eigenvalue weighted by molar-refractivity contribution is 7.13. The minimum Gasteiger partial charge on any atom is -0.375 e. The van der Waals surface area contributed by atoms with Gasteiger partial charge in [-0.2, -0.15) is 0 Å². The van der Waals surface area contributed by atoms with E-state index in [9.17, 15) is 4.79 Å². The lowest BCUT2D eigenvalue weighted by Gasteiger charge is -2.17. The number of carbonyl (C=O) groups is 1. The van der Waals surface area contributed by atoms with E-state index in [1.165, 1.54) is 11.3 Å². The maximum atomic E-state index is 12.0. The molecule has 1 heterocycles. The molecule has 0 bridgehead atoms. The third-order valence-electron chi connectivity index (χ3n) is 2.91. The molecule has 3 N–H and O–H groups in total. The molecule has 0 aliphatic rings. The van der Waals surface area contributed by atoms with Crippen LogP contribution in [-0.4, -0.2) is 10.9 Å². The van der Waals surface area contributed by atoms with Gasteiger partial charge in [-0.05, 0) is 24.1 Å². The average molecular weight is 310 g/mol. The first-order chi connectivity index (χ1) is 9.58. The average Bonchev–Trinajstić information content (AvgIpc) is 2.81. The van der Waals surface area contributed by atoms with Gasteiger partial charge in [-0.1, -0.05) is 30.7 Å². The molecule has 0 aliphatic heterocycles. The summed E-state index contributed by atoms with van der Waals surface area (Å²) in [6.45, 7) is 2.02. The first-order valence-electron chi connectivity index (χ1n) is 6.33. The lowest BCUT2D eigenvalue weighted by molar-refractivity contribution is -0.121. The van der Waals surface area contributed by atoms with Crippen LogP contribution in [0.25, 0.3) is 0 Å². The number of nitrogens with zero attached hydrogens (tertiary/aromatic N) is 1. The van der Waals surface area contributed by atoms with Crippen molar-refractivity contribution in [2.75, 3.05) is 5.73 Å². The second-order valence-electron chi connectivity index (χ2n) is 4.44. The number of benzene rings is 1. The predicted octanol–water partition coefficient (Wildman–Crippen LogP) is 3.19. The molecule has 20 heavy (non-hydrogen) atoms. The Morgan fingerprint density at radius 3 is 2.95 bits per heavy atom. The van der Waals surface area contributed by atoms with Crippen LogP contribution in [0.1, 0.15) is 30.6 Å². The van der Waals surface area contributed by atoms with E-state index in [0.717, 1.165) is 12.0 Å². The van der Waals surface area contributed by atoms with Crippen LogP contribution in [0.2, 0.25) is 5.02 Å². The van der Waals surface area contributed by atoms with Crippen molar-refractivity contribution in [3.05, 3.63) is 45.9 Å². The highest BCUT2D eigenvalue weighted by Gasteiger charge is 2.14. The summed E-state index contributed by atoms with van der Waals surface area (Å²) in [6.07, 6.45) is 1.04. The highest BCUT2D eigenvalue weighted by atomic mass is 35.5. The number of anilines is 1. The Morgan fingerprint density at radius 1 is 1.55 bits per heavy atom. The molecule has 0 spiro atoms. The Morgan fingerprint density at radius 2 is 2.35 bits per heavy atom. The van der Waals surface area contributed by atoms with E-state index in [0.29, 0.717) is 15.8 Å². The number of halogens is 1. The van der Waals surface area contributed by atoms with Gasteiger partial charge < -0.3 is 11.1 Å². The Hall–Kier alpha value is -1.59. The molecule has 0 saturated carbocycles. The fourth-order valence-corrected chi connectivity index (χ4v) is 2.72. The van der Waals surface area contributed by atoms with Gasteiger partial charge in [0, 0.05) is 10.4 Å². The monoisotopic (exact) mass is 309 g/mol. The second kappa shape index (κ2) is 6.72. The number of rotatable bonds is 5. The Bertz CT molecular complexity index is 600. The van der Waals surface area contributed by atoms with E-state index >= 15 is 0 Å². The fraction of sp³-hybridized carbons (Fsp3) is 0.286. The van der Waals surface area contributed by atoms with Crippen LogP contribution < -0.4 is 11.1 Å². The number of hydrogen-bond acceptors (Lipinski definition) is 4. The predicted molar refractivity (Wildman–Crippen MR) is 82.9 cm³/mol. The fourth-order valence-electron chi connectivity index (χ4n) is 1.96. The molecular weight excluding hydrogens is 294 g/mol. The number of hydrogen-bond donors (Lipinski definition) is 2. The zero-order valence-corrected chi connectivity index (χ0v) is 12.7. The van der Waals surface area contributed by atoms with E-state index in [1.807, 2.05) is 31.2 Å². The standard InChI is InChI=1S/C14H16ClN3OS/c1-2-12(9-4-3-5-10(15)6-9)18-13(19)7-11-8-20-14(16)17-11/h3-6,8,12H,2,7H2,1H3,(H2,16,17)(H,18,19). The van der Waals surface area contributed by atoms with Gasteiger partial charge in [-0.15, -0.1) is 11.3 Å². The normalized spacial score (nSPS) is 12.1. The topological polar surface area (TPSA) is 68.0 Å². The van der Waals surface area contributed by atoms with Gasteiger partial charge in [0.1, 0.15) is 0 Å². The number of nitrogen functional groups attached to an aromatic ring is 1. The molecule has 1 atom stereocenters. The third kappa shape index (κ3) is 3.95. The molecule has 106 valence electrons. The third-order valence-corrected chi connectivity index (χ3v) is 3.86. The Kier molecular flexibility index (Phi) is 4.98. The molecular formula is C14H16ClN3OS. The van der Waals surface area contributed by atoms with Gasteiger partial charge in [0.05, 0.1) is 18.2 Å². The number of nitrogens with one attached hydrogen (secondary N) is 1. The number of thiazole rings is 1. The van der Waals surface area contributed by atoms with E-state index in [1.54, 1.807) is 5.38 Å². The lowest BCUT2D eigenvalue weighted by atomic mass is 10.0. The maximum absolute atomic E-state index is 12.0. The summed E-state index contributed by atoms with van der Waals surface area (Å²) in [5, 5.41) is 5.95. The summed E-state index contributed by atoms with van der Waals surface area (Å²) in [7, 11) is 0. The smallest absolute Gasteiger partial charge is 0.226 e. The maximum Gasteiger partial charge on any atom is 0.226 e. The summed E-state index contributed by atoms with van der Waals surface area (Å²) in [6, 6.07) is 7.49. The van der Waals surface area contributed by atoms with Gasteiger partial charge in [-0.3, -0.25) is 4.79 Å². The van der Waals surface area contributed by atoms with Crippen LogP contribution in [0.3, 0.4) is 0 Å². The molecule has 4 nitrogen and oxygen atoms in total. The summed E-state index contributed by atoms with van der Waals surface area (Å²) >= 11 is 7.32. The van der Waals surface area contributed by atoms with Crippen LogP contribution in [0, 0.1) is 0 Å².